The highest BCUT2D eigenvalue weighted by Crippen LogP contribution is 2.24. The number of carbonyl (C=O) groups excluding carboxylic acids is 1. The van der Waals surface area contributed by atoms with Crippen LogP contribution in [0.1, 0.15) is 23.5 Å². The van der Waals surface area contributed by atoms with Crippen LogP contribution in [0.15, 0.2) is 0 Å². The molecule has 0 saturated heterocycles. The number of hydrogen-bond acceptors (Lipinski definition) is 6. The molecule has 0 radical (unpaired) electrons. The highest BCUT2D eigenvalue weighted by atomic mass is 32.1. The standard InChI is InChI=1S/C10H18N4O2S/c1-5(2)6(4-15)13-9(16)7-8(11)14-10(12-3)17-7/h5-6,15H,4,11H2,1-3H3,(H,12,14)(H,13,16)/t6-/m1/s1. The molecule has 0 aliphatic rings. The number of amides is 1. The number of nitrogen functional groups attached to an aromatic ring is 1. The highest BCUT2D eigenvalue weighted by molar-refractivity contribution is 7.18. The van der Waals surface area contributed by atoms with Gasteiger partial charge in [0.25, 0.3) is 5.91 Å². The van der Waals surface area contributed by atoms with Gasteiger partial charge in [0, 0.05) is 7.05 Å². The maximum atomic E-state index is 11.9. The second-order valence-corrected chi connectivity index (χ2v) is 4.99. The molecule has 0 fully saturated rings. The number of aliphatic hydroxyl groups is 1. The van der Waals surface area contributed by atoms with Crippen LogP contribution in [0.4, 0.5) is 10.9 Å². The van der Waals surface area contributed by atoms with E-state index in [4.69, 9.17) is 10.8 Å². The van der Waals surface area contributed by atoms with Crippen molar-refractivity contribution in [2.75, 3.05) is 24.7 Å². The SMILES string of the molecule is CNc1nc(N)c(C(=O)N[C@H](CO)C(C)C)s1. The Balaban J connectivity index is 2.78. The van der Waals surface area contributed by atoms with Crippen LogP contribution in [-0.4, -0.2) is 35.7 Å². The van der Waals surface area contributed by atoms with E-state index in [1.807, 2.05) is 13.8 Å². The van der Waals surface area contributed by atoms with E-state index in [1.165, 1.54) is 11.3 Å². The van der Waals surface area contributed by atoms with E-state index in [9.17, 15) is 4.79 Å². The van der Waals surface area contributed by atoms with Crippen molar-refractivity contribution in [3.8, 4) is 0 Å². The first kappa shape index (κ1) is 13.7. The van der Waals surface area contributed by atoms with Gasteiger partial charge in [0.2, 0.25) is 0 Å². The molecule has 1 rings (SSSR count). The molecule has 0 aliphatic carbocycles. The smallest absolute Gasteiger partial charge is 0.265 e. The molecule has 0 saturated carbocycles. The molecule has 17 heavy (non-hydrogen) atoms. The average Bonchev–Trinajstić information content (AvgIpc) is 2.66. The summed E-state index contributed by atoms with van der Waals surface area (Å²) in [5, 5.41) is 15.3. The van der Waals surface area contributed by atoms with Crippen LogP contribution in [-0.2, 0) is 0 Å². The first-order valence-corrected chi connectivity index (χ1v) is 6.17. The van der Waals surface area contributed by atoms with Crippen LogP contribution < -0.4 is 16.4 Å². The van der Waals surface area contributed by atoms with Gasteiger partial charge in [-0.25, -0.2) is 4.98 Å². The van der Waals surface area contributed by atoms with Crippen LogP contribution >= 0.6 is 11.3 Å². The number of hydrogen-bond donors (Lipinski definition) is 4. The average molecular weight is 258 g/mol. The van der Waals surface area contributed by atoms with E-state index >= 15 is 0 Å². The van der Waals surface area contributed by atoms with Crippen molar-refractivity contribution in [2.24, 2.45) is 5.92 Å². The minimum absolute atomic E-state index is 0.0962. The molecule has 1 aromatic heterocycles. The Morgan fingerprint density at radius 1 is 1.59 bits per heavy atom. The van der Waals surface area contributed by atoms with Crippen molar-refractivity contribution in [2.45, 2.75) is 19.9 Å². The van der Waals surface area contributed by atoms with Gasteiger partial charge >= 0.3 is 0 Å². The maximum Gasteiger partial charge on any atom is 0.265 e. The summed E-state index contributed by atoms with van der Waals surface area (Å²) >= 11 is 1.19. The summed E-state index contributed by atoms with van der Waals surface area (Å²) in [5.74, 6) is 0.0633. The highest BCUT2D eigenvalue weighted by Gasteiger charge is 2.20. The lowest BCUT2D eigenvalue weighted by atomic mass is 10.1. The van der Waals surface area contributed by atoms with Gasteiger partial charge in [-0.1, -0.05) is 25.2 Å². The van der Waals surface area contributed by atoms with Gasteiger partial charge in [-0.05, 0) is 5.92 Å². The van der Waals surface area contributed by atoms with Gasteiger partial charge in [-0.15, -0.1) is 0 Å². The molecular formula is C10H18N4O2S. The number of anilines is 2. The topological polar surface area (TPSA) is 100 Å². The van der Waals surface area contributed by atoms with E-state index < -0.39 is 0 Å². The van der Waals surface area contributed by atoms with Gasteiger partial charge in [-0.3, -0.25) is 4.79 Å². The normalized spacial score (nSPS) is 12.5. The number of nitrogens with two attached hydrogens (primary N) is 1. The molecule has 6 nitrogen and oxygen atoms in total. The molecule has 1 amide bonds. The number of nitrogens with zero attached hydrogens (tertiary/aromatic N) is 1. The zero-order chi connectivity index (χ0) is 13.0. The van der Waals surface area contributed by atoms with Gasteiger partial charge in [-0.2, -0.15) is 0 Å². The molecule has 0 aliphatic heterocycles. The van der Waals surface area contributed by atoms with E-state index in [2.05, 4.69) is 15.6 Å². The predicted molar refractivity (Wildman–Crippen MR) is 69.3 cm³/mol. The molecule has 1 heterocycles. The monoisotopic (exact) mass is 258 g/mol. The Morgan fingerprint density at radius 2 is 2.24 bits per heavy atom. The lowest BCUT2D eigenvalue weighted by Gasteiger charge is -2.19. The first-order chi connectivity index (χ1) is 7.99. The lowest BCUT2D eigenvalue weighted by Crippen LogP contribution is -2.41. The summed E-state index contributed by atoms with van der Waals surface area (Å²) in [5.41, 5.74) is 5.65. The third-order valence-electron chi connectivity index (χ3n) is 2.39. The number of rotatable bonds is 5. The Bertz CT molecular complexity index is 392. The zero-order valence-corrected chi connectivity index (χ0v) is 11.0. The summed E-state index contributed by atoms with van der Waals surface area (Å²) in [4.78, 5) is 16.3. The van der Waals surface area contributed by atoms with Gasteiger partial charge in [0.05, 0.1) is 12.6 Å². The van der Waals surface area contributed by atoms with Crippen LogP contribution in [0.3, 0.4) is 0 Å². The summed E-state index contributed by atoms with van der Waals surface area (Å²) in [7, 11) is 1.71. The molecule has 0 unspecified atom stereocenters. The van der Waals surface area contributed by atoms with Crippen molar-refractivity contribution in [1.82, 2.24) is 10.3 Å². The Morgan fingerprint density at radius 3 is 2.65 bits per heavy atom. The summed E-state index contributed by atoms with van der Waals surface area (Å²) < 4.78 is 0. The second-order valence-electron chi connectivity index (χ2n) is 3.99. The number of carbonyl (C=O) groups is 1. The van der Waals surface area contributed by atoms with Crippen LogP contribution in [0.2, 0.25) is 0 Å². The molecule has 0 bridgehead atoms. The van der Waals surface area contributed by atoms with Gasteiger partial charge in [0.15, 0.2) is 5.13 Å². The fourth-order valence-electron chi connectivity index (χ4n) is 1.26. The summed E-state index contributed by atoms with van der Waals surface area (Å²) in [6.07, 6.45) is 0. The molecular weight excluding hydrogens is 240 g/mol. The third kappa shape index (κ3) is 3.31. The van der Waals surface area contributed by atoms with Gasteiger partial charge in [0.1, 0.15) is 10.7 Å². The molecule has 1 aromatic rings. The molecule has 7 heteroatoms. The molecule has 0 spiro atoms. The van der Waals surface area contributed by atoms with E-state index in [0.717, 1.165) is 0 Å². The predicted octanol–water partition coefficient (Wildman–Crippen LogP) is 0.514. The third-order valence-corrected chi connectivity index (χ3v) is 3.48. The minimum Gasteiger partial charge on any atom is -0.394 e. The number of thiazole rings is 1. The molecule has 1 atom stereocenters. The Kier molecular flexibility index (Phi) is 4.71. The molecule has 96 valence electrons. The van der Waals surface area contributed by atoms with Crippen molar-refractivity contribution < 1.29 is 9.90 Å². The van der Waals surface area contributed by atoms with Crippen LogP contribution in [0.5, 0.6) is 0 Å². The number of aliphatic hydroxyl groups excluding tert-OH is 1. The number of aromatic nitrogens is 1. The molecule has 0 aromatic carbocycles. The molecule has 5 N–H and O–H groups in total. The van der Waals surface area contributed by atoms with Gasteiger partial charge < -0.3 is 21.5 Å². The Labute approximate surface area is 104 Å². The first-order valence-electron chi connectivity index (χ1n) is 5.35. The fraction of sp³-hybridized carbons (Fsp3) is 0.600. The van der Waals surface area contributed by atoms with E-state index in [-0.39, 0.29) is 30.3 Å². The van der Waals surface area contributed by atoms with Crippen LogP contribution in [0, 0.1) is 5.92 Å². The Hall–Kier alpha value is -1.34. The minimum atomic E-state index is -0.297. The maximum absolute atomic E-state index is 11.9. The quantitative estimate of drug-likeness (QED) is 0.616. The fourth-order valence-corrected chi connectivity index (χ4v) is 2.00. The van der Waals surface area contributed by atoms with E-state index in [1.54, 1.807) is 7.05 Å². The van der Waals surface area contributed by atoms with Crippen molar-refractivity contribution in [3.63, 3.8) is 0 Å². The number of nitrogens with one attached hydrogen (secondary N) is 2. The van der Waals surface area contributed by atoms with Crippen LogP contribution in [0.25, 0.3) is 0 Å². The second kappa shape index (κ2) is 5.83. The summed E-state index contributed by atoms with van der Waals surface area (Å²) in [6, 6.07) is -0.276. The van der Waals surface area contributed by atoms with Crippen molar-refractivity contribution in [1.29, 1.82) is 0 Å². The zero-order valence-electron chi connectivity index (χ0n) is 10.2. The summed E-state index contributed by atoms with van der Waals surface area (Å²) in [6.45, 7) is 3.76. The van der Waals surface area contributed by atoms with Crippen molar-refractivity contribution in [3.05, 3.63) is 4.88 Å². The lowest BCUT2D eigenvalue weighted by molar-refractivity contribution is 0.0901. The van der Waals surface area contributed by atoms with Crippen molar-refractivity contribution >= 4 is 28.2 Å². The van der Waals surface area contributed by atoms with E-state index in [0.29, 0.717) is 10.0 Å². The largest absolute Gasteiger partial charge is 0.394 e.